The summed E-state index contributed by atoms with van der Waals surface area (Å²) in [5.74, 6) is 1.11. The van der Waals surface area contributed by atoms with E-state index < -0.39 is 5.97 Å². The lowest BCUT2D eigenvalue weighted by atomic mass is 9.49. The Morgan fingerprint density at radius 1 is 1.09 bits per heavy atom. The van der Waals surface area contributed by atoms with E-state index in [4.69, 9.17) is 9.57 Å². The number of hydrogen-bond donors (Lipinski definition) is 1. The minimum atomic E-state index is -0.444. The summed E-state index contributed by atoms with van der Waals surface area (Å²) >= 11 is 1.31. The molecule has 0 spiro atoms. The van der Waals surface area contributed by atoms with E-state index in [0.29, 0.717) is 46.9 Å². The lowest BCUT2D eigenvalue weighted by Gasteiger charge is -2.54. The van der Waals surface area contributed by atoms with Crippen LogP contribution in [0.5, 0.6) is 0 Å². The first-order chi connectivity index (χ1) is 15.4. The van der Waals surface area contributed by atoms with Crippen molar-refractivity contribution in [2.75, 3.05) is 11.9 Å². The first-order valence-corrected chi connectivity index (χ1v) is 12.6. The first-order valence-electron chi connectivity index (χ1n) is 11.8. The third-order valence-corrected chi connectivity index (χ3v) is 8.79. The second-order valence-corrected chi connectivity index (χ2v) is 11.0. The van der Waals surface area contributed by atoms with Gasteiger partial charge in [0.1, 0.15) is 5.00 Å². The molecule has 0 aliphatic heterocycles. The van der Waals surface area contributed by atoms with Gasteiger partial charge in [0.2, 0.25) is 5.91 Å². The number of nitrogens with zero attached hydrogens (tertiary/aromatic N) is 1. The Kier molecular flexibility index (Phi) is 5.60. The van der Waals surface area contributed by atoms with Crippen molar-refractivity contribution in [3.8, 4) is 0 Å². The maximum absolute atomic E-state index is 13.2. The van der Waals surface area contributed by atoms with Crippen molar-refractivity contribution in [3.63, 3.8) is 0 Å². The molecule has 4 saturated carbocycles. The highest BCUT2D eigenvalue weighted by Crippen LogP contribution is 2.60. The van der Waals surface area contributed by atoms with Crippen LogP contribution in [0.1, 0.15) is 86.0 Å². The van der Waals surface area contributed by atoms with Crippen LogP contribution in [0.15, 0.2) is 5.16 Å². The number of carbonyl (C=O) groups is 3. The fraction of sp³-hybridized carbons (Fsp3) is 0.667. The largest absolute Gasteiger partial charge is 0.462 e. The molecule has 0 atom stereocenters. The molecular weight excluding hydrogens is 428 g/mol. The van der Waals surface area contributed by atoms with Gasteiger partial charge in [0.15, 0.2) is 0 Å². The van der Waals surface area contributed by atoms with E-state index in [1.807, 2.05) is 0 Å². The van der Waals surface area contributed by atoms with Crippen LogP contribution in [0.3, 0.4) is 0 Å². The van der Waals surface area contributed by atoms with Crippen LogP contribution in [0.4, 0.5) is 5.00 Å². The average molecular weight is 459 g/mol. The van der Waals surface area contributed by atoms with E-state index >= 15 is 0 Å². The Labute approximate surface area is 191 Å². The normalized spacial score (nSPS) is 31.3. The molecule has 172 valence electrons. The van der Waals surface area contributed by atoms with Gasteiger partial charge in [0.05, 0.1) is 28.2 Å². The first kappa shape index (κ1) is 21.6. The Hall–Kier alpha value is -2.22. The van der Waals surface area contributed by atoms with Crippen LogP contribution in [-0.4, -0.2) is 30.2 Å². The molecule has 0 radical (unpaired) electrons. The summed E-state index contributed by atoms with van der Waals surface area (Å²) < 4.78 is 5.24. The maximum Gasteiger partial charge on any atom is 0.341 e. The number of oxime groups is 1. The number of anilines is 1. The van der Waals surface area contributed by atoms with Gasteiger partial charge in [-0.25, -0.2) is 9.59 Å². The smallest absolute Gasteiger partial charge is 0.341 e. The number of thiophene rings is 1. The van der Waals surface area contributed by atoms with E-state index in [1.54, 1.807) is 6.92 Å². The van der Waals surface area contributed by atoms with E-state index in [0.717, 1.165) is 36.1 Å². The molecule has 0 unspecified atom stereocenters. The van der Waals surface area contributed by atoms with Gasteiger partial charge in [-0.05, 0) is 88.0 Å². The van der Waals surface area contributed by atoms with Crippen molar-refractivity contribution >= 4 is 39.9 Å². The number of amides is 1. The van der Waals surface area contributed by atoms with Gasteiger partial charge in [-0.2, -0.15) is 0 Å². The molecule has 1 amide bonds. The van der Waals surface area contributed by atoms with Crippen LogP contribution in [0, 0.1) is 23.2 Å². The van der Waals surface area contributed by atoms with Gasteiger partial charge < -0.3 is 14.9 Å². The third kappa shape index (κ3) is 3.76. The minimum absolute atomic E-state index is 0.180. The molecule has 32 heavy (non-hydrogen) atoms. The topological polar surface area (TPSA) is 94.1 Å². The number of rotatable bonds is 5. The fourth-order valence-electron chi connectivity index (χ4n) is 6.79. The molecule has 1 heterocycles. The summed E-state index contributed by atoms with van der Waals surface area (Å²) in [5.41, 5.74) is 1.55. The second kappa shape index (κ2) is 8.28. The Balaban J connectivity index is 1.41. The van der Waals surface area contributed by atoms with Gasteiger partial charge >= 0.3 is 11.9 Å². The standard InChI is InChI=1S/C24H30N2O5S/c1-3-30-22(28)19-17-5-4-6-18(20(17)32-21(19)25-13(2)27)26-31-23(29)24-10-14-7-15(11-24)9-16(8-14)12-24/h14-16H,3-12H2,1-2H3,(H,25,27)/b26-18+. The van der Waals surface area contributed by atoms with Crippen LogP contribution >= 0.6 is 11.3 Å². The van der Waals surface area contributed by atoms with Crippen LogP contribution < -0.4 is 5.32 Å². The zero-order chi connectivity index (χ0) is 22.5. The summed E-state index contributed by atoms with van der Waals surface area (Å²) in [6, 6.07) is 0. The summed E-state index contributed by atoms with van der Waals surface area (Å²) in [7, 11) is 0. The molecule has 8 heteroatoms. The van der Waals surface area contributed by atoms with E-state index in [9.17, 15) is 14.4 Å². The van der Waals surface area contributed by atoms with E-state index in [2.05, 4.69) is 10.5 Å². The molecule has 0 aromatic carbocycles. The number of fused-ring (bicyclic) bond motifs is 1. The number of hydrogen-bond acceptors (Lipinski definition) is 7. The Bertz CT molecular complexity index is 959. The zero-order valence-corrected chi connectivity index (χ0v) is 19.5. The predicted molar refractivity (Wildman–Crippen MR) is 121 cm³/mol. The van der Waals surface area contributed by atoms with Gasteiger partial charge in [-0.15, -0.1) is 11.3 Å². The molecular formula is C24H30N2O5S. The maximum atomic E-state index is 13.2. The summed E-state index contributed by atoms with van der Waals surface area (Å²) in [5, 5.41) is 7.57. The number of esters is 1. The lowest BCUT2D eigenvalue weighted by molar-refractivity contribution is -0.171. The minimum Gasteiger partial charge on any atom is -0.462 e. The molecule has 1 aromatic rings. The van der Waals surface area contributed by atoms with Crippen molar-refractivity contribution in [2.24, 2.45) is 28.3 Å². The second-order valence-electron chi connectivity index (χ2n) is 9.98. The van der Waals surface area contributed by atoms with Crippen molar-refractivity contribution in [1.29, 1.82) is 0 Å². The Morgan fingerprint density at radius 2 is 1.75 bits per heavy atom. The van der Waals surface area contributed by atoms with Crippen molar-refractivity contribution in [2.45, 2.75) is 71.6 Å². The zero-order valence-electron chi connectivity index (χ0n) is 18.7. The SMILES string of the molecule is CCOC(=O)c1c(NC(C)=O)sc2c1CCC/C2=N\OC(=O)C12CC3CC(CC(C3)C1)C2. The van der Waals surface area contributed by atoms with Gasteiger partial charge in [0, 0.05) is 6.92 Å². The van der Waals surface area contributed by atoms with Crippen molar-refractivity contribution < 1.29 is 24.0 Å². The van der Waals surface area contributed by atoms with Gasteiger partial charge in [-0.1, -0.05) is 5.16 Å². The summed E-state index contributed by atoms with van der Waals surface area (Å²) in [6.45, 7) is 3.42. The molecule has 5 aliphatic carbocycles. The Morgan fingerprint density at radius 3 is 2.34 bits per heavy atom. The highest BCUT2D eigenvalue weighted by atomic mass is 32.1. The molecule has 6 rings (SSSR count). The number of carbonyl (C=O) groups excluding carboxylic acids is 3. The summed E-state index contributed by atoms with van der Waals surface area (Å²) in [6.07, 6.45) is 8.77. The average Bonchev–Trinajstić information content (AvgIpc) is 3.09. The number of nitrogens with one attached hydrogen (secondary N) is 1. The van der Waals surface area contributed by atoms with Gasteiger partial charge in [-0.3, -0.25) is 4.79 Å². The number of ether oxygens (including phenoxy) is 1. The molecule has 0 saturated heterocycles. The quantitative estimate of drug-likeness (QED) is 0.393. The molecule has 4 bridgehead atoms. The lowest BCUT2D eigenvalue weighted by Crippen LogP contribution is -2.50. The van der Waals surface area contributed by atoms with Crippen LogP contribution in [-0.2, 0) is 25.6 Å². The van der Waals surface area contributed by atoms with Crippen molar-refractivity contribution in [3.05, 3.63) is 16.0 Å². The van der Waals surface area contributed by atoms with E-state index in [-0.39, 0.29) is 23.9 Å². The molecule has 4 fully saturated rings. The highest BCUT2D eigenvalue weighted by Gasteiger charge is 2.55. The fourth-order valence-corrected chi connectivity index (χ4v) is 8.08. The van der Waals surface area contributed by atoms with Crippen LogP contribution in [0.25, 0.3) is 0 Å². The monoisotopic (exact) mass is 458 g/mol. The van der Waals surface area contributed by atoms with E-state index in [1.165, 1.54) is 37.5 Å². The van der Waals surface area contributed by atoms with Crippen molar-refractivity contribution in [1.82, 2.24) is 0 Å². The molecule has 5 aliphatic rings. The molecule has 7 nitrogen and oxygen atoms in total. The third-order valence-electron chi connectivity index (χ3n) is 7.59. The molecule has 1 N–H and O–H groups in total. The van der Waals surface area contributed by atoms with Gasteiger partial charge in [0.25, 0.3) is 0 Å². The summed E-state index contributed by atoms with van der Waals surface area (Å²) in [4.78, 5) is 44.0. The molecule has 1 aromatic heterocycles. The van der Waals surface area contributed by atoms with Crippen LogP contribution in [0.2, 0.25) is 0 Å². The predicted octanol–water partition coefficient (Wildman–Crippen LogP) is 4.68. The highest BCUT2D eigenvalue weighted by molar-refractivity contribution is 7.19.